The van der Waals surface area contributed by atoms with Crippen LogP contribution in [0.4, 0.5) is 0 Å². The fourth-order valence-electron chi connectivity index (χ4n) is 4.33. The van der Waals surface area contributed by atoms with E-state index in [9.17, 15) is 0 Å². The SMILES string of the molecule is CCCCCCCCC1Cc2ccccc2C2(CCCNC2)O1. The van der Waals surface area contributed by atoms with Crippen LogP contribution in [0.3, 0.4) is 0 Å². The Balaban J connectivity index is 1.59. The van der Waals surface area contributed by atoms with Crippen LogP contribution in [0.5, 0.6) is 0 Å². The van der Waals surface area contributed by atoms with Crippen molar-refractivity contribution in [3.05, 3.63) is 35.4 Å². The van der Waals surface area contributed by atoms with E-state index in [4.69, 9.17) is 4.74 Å². The van der Waals surface area contributed by atoms with Crippen molar-refractivity contribution >= 4 is 0 Å². The van der Waals surface area contributed by atoms with Gasteiger partial charge in [-0.2, -0.15) is 0 Å². The van der Waals surface area contributed by atoms with Gasteiger partial charge in [-0.05, 0) is 43.4 Å². The van der Waals surface area contributed by atoms with Gasteiger partial charge in [-0.1, -0.05) is 69.7 Å². The summed E-state index contributed by atoms with van der Waals surface area (Å²) in [7, 11) is 0. The molecule has 3 rings (SSSR count). The van der Waals surface area contributed by atoms with Gasteiger partial charge in [-0.25, -0.2) is 0 Å². The molecule has 128 valence electrons. The van der Waals surface area contributed by atoms with E-state index in [1.807, 2.05) is 0 Å². The van der Waals surface area contributed by atoms with Crippen molar-refractivity contribution in [2.24, 2.45) is 0 Å². The first-order valence-electron chi connectivity index (χ1n) is 9.81. The maximum absolute atomic E-state index is 6.71. The molecule has 1 spiro atoms. The van der Waals surface area contributed by atoms with Gasteiger partial charge in [0.1, 0.15) is 5.60 Å². The number of rotatable bonds is 7. The zero-order valence-electron chi connectivity index (χ0n) is 14.8. The van der Waals surface area contributed by atoms with Crippen LogP contribution in [0.15, 0.2) is 24.3 Å². The highest BCUT2D eigenvalue weighted by molar-refractivity contribution is 5.36. The molecule has 2 atom stereocenters. The normalized spacial score (nSPS) is 27.1. The van der Waals surface area contributed by atoms with E-state index in [1.54, 1.807) is 0 Å². The Labute approximate surface area is 142 Å². The van der Waals surface area contributed by atoms with Crippen LogP contribution in [-0.4, -0.2) is 19.2 Å². The van der Waals surface area contributed by atoms with Crippen LogP contribution < -0.4 is 5.32 Å². The van der Waals surface area contributed by atoms with Gasteiger partial charge in [0.15, 0.2) is 0 Å². The maximum Gasteiger partial charge on any atom is 0.106 e. The number of hydrogen-bond donors (Lipinski definition) is 1. The molecule has 2 heterocycles. The molecule has 1 saturated heterocycles. The first-order valence-corrected chi connectivity index (χ1v) is 9.81. The lowest BCUT2D eigenvalue weighted by Crippen LogP contribution is -2.50. The zero-order valence-corrected chi connectivity index (χ0v) is 14.8. The van der Waals surface area contributed by atoms with Crippen LogP contribution in [0.2, 0.25) is 0 Å². The van der Waals surface area contributed by atoms with Gasteiger partial charge >= 0.3 is 0 Å². The monoisotopic (exact) mass is 315 g/mol. The Morgan fingerprint density at radius 1 is 1.13 bits per heavy atom. The van der Waals surface area contributed by atoms with Gasteiger partial charge in [0.25, 0.3) is 0 Å². The Bertz CT molecular complexity index is 478. The van der Waals surface area contributed by atoms with E-state index in [2.05, 4.69) is 36.5 Å². The highest BCUT2D eigenvalue weighted by Crippen LogP contribution is 2.41. The van der Waals surface area contributed by atoms with E-state index in [0.29, 0.717) is 6.10 Å². The molecular weight excluding hydrogens is 282 g/mol. The second-order valence-electron chi connectivity index (χ2n) is 7.43. The molecule has 0 amide bonds. The quantitative estimate of drug-likeness (QED) is 0.718. The summed E-state index contributed by atoms with van der Waals surface area (Å²) < 4.78 is 6.71. The molecule has 2 nitrogen and oxygen atoms in total. The van der Waals surface area contributed by atoms with Crippen molar-refractivity contribution in [2.75, 3.05) is 13.1 Å². The summed E-state index contributed by atoms with van der Waals surface area (Å²) in [5.41, 5.74) is 2.92. The minimum absolute atomic E-state index is 0.0556. The fourth-order valence-corrected chi connectivity index (χ4v) is 4.33. The molecule has 1 fully saturated rings. The van der Waals surface area contributed by atoms with Crippen molar-refractivity contribution in [3.63, 3.8) is 0 Å². The molecule has 2 aliphatic heterocycles. The first-order chi connectivity index (χ1) is 11.3. The van der Waals surface area contributed by atoms with E-state index in [-0.39, 0.29) is 5.60 Å². The van der Waals surface area contributed by atoms with Crippen molar-refractivity contribution in [2.45, 2.75) is 82.8 Å². The first kappa shape index (κ1) is 17.0. The van der Waals surface area contributed by atoms with Crippen molar-refractivity contribution < 1.29 is 4.74 Å². The number of piperidine rings is 1. The van der Waals surface area contributed by atoms with Gasteiger partial charge < -0.3 is 10.1 Å². The molecule has 2 heteroatoms. The van der Waals surface area contributed by atoms with Crippen LogP contribution in [0, 0.1) is 0 Å². The minimum atomic E-state index is -0.0556. The molecule has 1 N–H and O–H groups in total. The van der Waals surface area contributed by atoms with Crippen molar-refractivity contribution in [3.8, 4) is 0 Å². The van der Waals surface area contributed by atoms with Crippen LogP contribution in [0.25, 0.3) is 0 Å². The average molecular weight is 316 g/mol. The van der Waals surface area contributed by atoms with Crippen LogP contribution in [0.1, 0.15) is 75.8 Å². The molecule has 0 saturated carbocycles. The third kappa shape index (κ3) is 4.16. The lowest BCUT2D eigenvalue weighted by atomic mass is 9.79. The molecule has 0 aliphatic carbocycles. The molecule has 1 aromatic carbocycles. The predicted molar refractivity (Wildman–Crippen MR) is 96.8 cm³/mol. The molecule has 2 unspecified atom stereocenters. The van der Waals surface area contributed by atoms with Gasteiger partial charge in [0.05, 0.1) is 6.10 Å². The number of fused-ring (bicyclic) bond motifs is 2. The predicted octanol–water partition coefficient (Wildman–Crippen LogP) is 4.96. The fraction of sp³-hybridized carbons (Fsp3) is 0.714. The lowest BCUT2D eigenvalue weighted by Gasteiger charge is -2.45. The Kier molecular flexibility index (Phi) is 6.13. The molecule has 23 heavy (non-hydrogen) atoms. The molecule has 0 radical (unpaired) electrons. The van der Waals surface area contributed by atoms with E-state index >= 15 is 0 Å². The highest BCUT2D eigenvalue weighted by atomic mass is 16.5. The maximum atomic E-state index is 6.71. The summed E-state index contributed by atoms with van der Waals surface area (Å²) in [6, 6.07) is 8.98. The largest absolute Gasteiger partial charge is 0.365 e. The topological polar surface area (TPSA) is 21.3 Å². The molecule has 0 aromatic heterocycles. The van der Waals surface area contributed by atoms with E-state index in [0.717, 1.165) is 19.5 Å². The van der Waals surface area contributed by atoms with Gasteiger partial charge in [0.2, 0.25) is 0 Å². The van der Waals surface area contributed by atoms with Crippen molar-refractivity contribution in [1.29, 1.82) is 0 Å². The summed E-state index contributed by atoms with van der Waals surface area (Å²) in [6.45, 7) is 4.40. The van der Waals surface area contributed by atoms with Gasteiger partial charge in [-0.15, -0.1) is 0 Å². The third-order valence-corrected chi connectivity index (χ3v) is 5.57. The molecule has 2 aliphatic rings. The van der Waals surface area contributed by atoms with Gasteiger partial charge in [-0.3, -0.25) is 0 Å². The van der Waals surface area contributed by atoms with Gasteiger partial charge in [0, 0.05) is 6.54 Å². The smallest absolute Gasteiger partial charge is 0.106 e. The van der Waals surface area contributed by atoms with E-state index in [1.165, 1.54) is 68.9 Å². The molecular formula is C21H33NO. The van der Waals surface area contributed by atoms with E-state index < -0.39 is 0 Å². The Hall–Kier alpha value is -0.860. The Morgan fingerprint density at radius 3 is 2.78 bits per heavy atom. The minimum Gasteiger partial charge on any atom is -0.365 e. The number of ether oxygens (including phenoxy) is 1. The second kappa shape index (κ2) is 8.30. The second-order valence-corrected chi connectivity index (χ2v) is 7.43. The molecule has 0 bridgehead atoms. The highest BCUT2D eigenvalue weighted by Gasteiger charge is 2.41. The number of hydrogen-bond acceptors (Lipinski definition) is 2. The average Bonchev–Trinajstić information content (AvgIpc) is 2.59. The zero-order chi connectivity index (χ0) is 16.0. The number of unbranched alkanes of at least 4 members (excludes halogenated alkanes) is 5. The van der Waals surface area contributed by atoms with Crippen molar-refractivity contribution in [1.82, 2.24) is 5.32 Å². The van der Waals surface area contributed by atoms with Crippen LogP contribution in [-0.2, 0) is 16.8 Å². The summed E-state index contributed by atoms with van der Waals surface area (Å²) in [4.78, 5) is 0. The van der Waals surface area contributed by atoms with Crippen LogP contribution >= 0.6 is 0 Å². The standard InChI is InChI=1S/C21H33NO/c1-2-3-4-5-6-7-12-19-16-18-11-8-9-13-20(18)21(23-19)14-10-15-22-17-21/h8-9,11,13,19,22H,2-7,10,12,14-17H2,1H3. The molecule has 1 aromatic rings. The lowest BCUT2D eigenvalue weighted by molar-refractivity contribution is -0.125. The Morgan fingerprint density at radius 2 is 1.96 bits per heavy atom. The summed E-state index contributed by atoms with van der Waals surface area (Å²) in [5.74, 6) is 0. The number of benzene rings is 1. The summed E-state index contributed by atoms with van der Waals surface area (Å²) in [5, 5.41) is 3.57. The summed E-state index contributed by atoms with van der Waals surface area (Å²) in [6.07, 6.45) is 13.3. The third-order valence-electron chi connectivity index (χ3n) is 5.57. The number of nitrogens with one attached hydrogen (secondary N) is 1. The summed E-state index contributed by atoms with van der Waals surface area (Å²) >= 11 is 0.